The van der Waals surface area contributed by atoms with Crippen molar-refractivity contribution in [1.29, 1.82) is 0 Å². The van der Waals surface area contributed by atoms with Crippen molar-refractivity contribution in [2.75, 3.05) is 20.3 Å². The zero-order valence-corrected chi connectivity index (χ0v) is 11.5. The van der Waals surface area contributed by atoms with E-state index in [1.165, 1.54) is 7.11 Å². The zero-order valence-electron chi connectivity index (χ0n) is 11.5. The van der Waals surface area contributed by atoms with Gasteiger partial charge in [0.1, 0.15) is 12.4 Å². The van der Waals surface area contributed by atoms with E-state index in [-0.39, 0.29) is 6.61 Å². The van der Waals surface area contributed by atoms with Crippen molar-refractivity contribution in [1.82, 2.24) is 5.43 Å². The molecule has 8 heteroatoms. The maximum Gasteiger partial charge on any atom is 0.330 e. The lowest BCUT2D eigenvalue weighted by molar-refractivity contribution is -0.167. The van der Waals surface area contributed by atoms with Crippen LogP contribution in [0.4, 0.5) is 17.6 Å². The average Bonchev–Trinajstić information content (AvgIpc) is 2.46. The van der Waals surface area contributed by atoms with Gasteiger partial charge in [-0.1, -0.05) is 18.2 Å². The third kappa shape index (κ3) is 5.49. The molecule has 3 N–H and O–H groups in total. The SMILES string of the molecule is COc1ccccc1CC(COCC(F)(F)C(F)F)NN. The van der Waals surface area contributed by atoms with Crippen LogP contribution in [0.25, 0.3) is 0 Å². The Morgan fingerprint density at radius 2 is 1.95 bits per heavy atom. The van der Waals surface area contributed by atoms with Crippen LogP contribution in [-0.4, -0.2) is 38.7 Å². The second-order valence-corrected chi connectivity index (χ2v) is 4.46. The summed E-state index contributed by atoms with van der Waals surface area (Å²) in [5.74, 6) is 1.77. The van der Waals surface area contributed by atoms with Crippen LogP contribution < -0.4 is 16.0 Å². The molecule has 0 aromatic heterocycles. The quantitative estimate of drug-likeness (QED) is 0.416. The van der Waals surface area contributed by atoms with Gasteiger partial charge in [0.15, 0.2) is 0 Å². The molecule has 0 fully saturated rings. The summed E-state index contributed by atoms with van der Waals surface area (Å²) in [5.41, 5.74) is 3.20. The van der Waals surface area contributed by atoms with Crippen molar-refractivity contribution in [2.24, 2.45) is 5.84 Å². The van der Waals surface area contributed by atoms with E-state index in [0.29, 0.717) is 12.2 Å². The van der Waals surface area contributed by atoms with Gasteiger partial charge in [0.05, 0.1) is 13.7 Å². The number of halogens is 4. The Morgan fingerprint density at radius 1 is 1.29 bits per heavy atom. The van der Waals surface area contributed by atoms with Crippen molar-refractivity contribution in [3.8, 4) is 5.75 Å². The highest BCUT2D eigenvalue weighted by Gasteiger charge is 2.41. The number of alkyl halides is 4. The first kappa shape index (κ1) is 17.7. The van der Waals surface area contributed by atoms with Crippen LogP contribution in [0.5, 0.6) is 5.75 Å². The van der Waals surface area contributed by atoms with Gasteiger partial charge in [0.2, 0.25) is 0 Å². The molecule has 0 amide bonds. The number of hydrogen-bond acceptors (Lipinski definition) is 4. The molecule has 1 aromatic rings. The van der Waals surface area contributed by atoms with Gasteiger partial charge in [0, 0.05) is 6.04 Å². The summed E-state index contributed by atoms with van der Waals surface area (Å²) >= 11 is 0. The molecule has 0 radical (unpaired) electrons. The van der Waals surface area contributed by atoms with Crippen molar-refractivity contribution >= 4 is 0 Å². The highest BCUT2D eigenvalue weighted by atomic mass is 19.3. The summed E-state index contributed by atoms with van der Waals surface area (Å²) in [5, 5.41) is 0. The van der Waals surface area contributed by atoms with E-state index in [0.717, 1.165) is 5.56 Å². The summed E-state index contributed by atoms with van der Waals surface area (Å²) in [4.78, 5) is 0. The van der Waals surface area contributed by atoms with Crippen molar-refractivity contribution in [3.63, 3.8) is 0 Å². The van der Waals surface area contributed by atoms with E-state index >= 15 is 0 Å². The fraction of sp³-hybridized carbons (Fsp3) is 0.538. The topological polar surface area (TPSA) is 56.5 Å². The molecular weight excluding hydrogens is 292 g/mol. The second-order valence-electron chi connectivity index (χ2n) is 4.46. The van der Waals surface area contributed by atoms with Gasteiger partial charge < -0.3 is 9.47 Å². The molecule has 120 valence electrons. The number of rotatable bonds is 9. The number of nitrogens with two attached hydrogens (primary N) is 1. The third-order valence-corrected chi connectivity index (χ3v) is 2.83. The zero-order chi connectivity index (χ0) is 15.9. The summed E-state index contributed by atoms with van der Waals surface area (Å²) in [6, 6.07) is 6.60. The summed E-state index contributed by atoms with van der Waals surface area (Å²) < 4.78 is 59.2. The summed E-state index contributed by atoms with van der Waals surface area (Å²) in [6.45, 7) is -1.58. The molecule has 0 saturated carbocycles. The molecule has 0 bridgehead atoms. The first-order valence-electron chi connectivity index (χ1n) is 6.22. The molecule has 21 heavy (non-hydrogen) atoms. The Labute approximate surface area is 120 Å². The van der Waals surface area contributed by atoms with E-state index < -0.39 is 25.0 Å². The van der Waals surface area contributed by atoms with Crippen molar-refractivity contribution in [3.05, 3.63) is 29.8 Å². The van der Waals surface area contributed by atoms with Gasteiger partial charge in [-0.3, -0.25) is 11.3 Å². The molecular formula is C13H18F4N2O2. The third-order valence-electron chi connectivity index (χ3n) is 2.83. The minimum atomic E-state index is -4.16. The van der Waals surface area contributed by atoms with Gasteiger partial charge in [-0.15, -0.1) is 0 Å². The molecule has 0 aliphatic heterocycles. The number of ether oxygens (including phenoxy) is 2. The number of nitrogens with one attached hydrogen (secondary N) is 1. The van der Waals surface area contributed by atoms with Gasteiger partial charge >= 0.3 is 12.3 Å². The van der Waals surface area contributed by atoms with E-state index in [9.17, 15) is 17.6 Å². The number of hydrazine groups is 1. The molecule has 0 saturated heterocycles. The monoisotopic (exact) mass is 310 g/mol. The predicted molar refractivity (Wildman–Crippen MR) is 69.6 cm³/mol. The van der Waals surface area contributed by atoms with Gasteiger partial charge in [-0.25, -0.2) is 8.78 Å². The molecule has 4 nitrogen and oxygen atoms in total. The van der Waals surface area contributed by atoms with Crippen LogP contribution in [0.3, 0.4) is 0 Å². The largest absolute Gasteiger partial charge is 0.496 e. The van der Waals surface area contributed by atoms with E-state index in [1.807, 2.05) is 0 Å². The second kappa shape index (κ2) is 8.16. The first-order valence-corrected chi connectivity index (χ1v) is 6.22. The molecule has 1 aromatic carbocycles. The lowest BCUT2D eigenvalue weighted by Gasteiger charge is -2.20. The molecule has 0 heterocycles. The van der Waals surface area contributed by atoms with E-state index in [1.54, 1.807) is 24.3 Å². The van der Waals surface area contributed by atoms with Crippen LogP contribution in [0.1, 0.15) is 5.56 Å². The lowest BCUT2D eigenvalue weighted by Crippen LogP contribution is -2.42. The van der Waals surface area contributed by atoms with E-state index in [4.69, 9.17) is 10.6 Å². The number of hydrogen-bond donors (Lipinski definition) is 2. The Hall–Kier alpha value is -1.38. The average molecular weight is 310 g/mol. The van der Waals surface area contributed by atoms with Crippen LogP contribution in [-0.2, 0) is 11.2 Å². The number of para-hydroxylation sites is 1. The van der Waals surface area contributed by atoms with Crippen molar-refractivity contribution < 1.29 is 27.0 Å². The predicted octanol–water partition coefficient (Wildman–Crippen LogP) is 1.99. The number of methoxy groups -OCH3 is 1. The first-order chi connectivity index (χ1) is 9.90. The Morgan fingerprint density at radius 3 is 2.52 bits per heavy atom. The minimum Gasteiger partial charge on any atom is -0.496 e. The Kier molecular flexibility index (Phi) is 6.86. The van der Waals surface area contributed by atoms with Crippen LogP contribution in [0, 0.1) is 0 Å². The minimum absolute atomic E-state index is 0.225. The van der Waals surface area contributed by atoms with Crippen LogP contribution in [0.15, 0.2) is 24.3 Å². The van der Waals surface area contributed by atoms with Gasteiger partial charge in [-0.05, 0) is 18.1 Å². The highest BCUT2D eigenvalue weighted by Crippen LogP contribution is 2.23. The maximum absolute atomic E-state index is 12.7. The molecule has 1 atom stereocenters. The molecule has 0 aliphatic carbocycles. The fourth-order valence-electron chi connectivity index (χ4n) is 1.70. The van der Waals surface area contributed by atoms with Crippen molar-refractivity contribution in [2.45, 2.75) is 24.8 Å². The van der Waals surface area contributed by atoms with E-state index in [2.05, 4.69) is 10.2 Å². The molecule has 0 aliphatic rings. The highest BCUT2D eigenvalue weighted by molar-refractivity contribution is 5.33. The van der Waals surface area contributed by atoms with Crippen LogP contribution in [0.2, 0.25) is 0 Å². The fourth-order valence-corrected chi connectivity index (χ4v) is 1.70. The maximum atomic E-state index is 12.7. The van der Waals surface area contributed by atoms with Gasteiger partial charge in [-0.2, -0.15) is 8.78 Å². The smallest absolute Gasteiger partial charge is 0.330 e. The lowest BCUT2D eigenvalue weighted by atomic mass is 10.1. The molecule has 1 unspecified atom stereocenters. The Bertz CT molecular complexity index is 432. The molecule has 0 spiro atoms. The van der Waals surface area contributed by atoms with Gasteiger partial charge in [0.25, 0.3) is 0 Å². The summed E-state index contributed by atoms with van der Waals surface area (Å²) in [7, 11) is 1.50. The standard InChI is InChI=1S/C13H18F4N2O2/c1-20-11-5-3-2-4-9(11)6-10(19-18)7-21-8-13(16,17)12(14)15/h2-5,10,12,19H,6-8,18H2,1H3. The normalized spacial score (nSPS) is 13.5. The summed E-state index contributed by atoms with van der Waals surface area (Å²) in [6.07, 6.45) is -3.41. The van der Waals surface area contributed by atoms with Crippen LogP contribution >= 0.6 is 0 Å². The molecule has 1 rings (SSSR count). The Balaban J connectivity index is 2.52. The number of benzene rings is 1.